The lowest BCUT2D eigenvalue weighted by Gasteiger charge is -2.32. The van der Waals surface area contributed by atoms with Crippen molar-refractivity contribution < 1.29 is 27.6 Å². The number of benzene rings is 2. The van der Waals surface area contributed by atoms with Crippen LogP contribution < -0.4 is 10.4 Å². The van der Waals surface area contributed by atoms with Crippen molar-refractivity contribution in [2.45, 2.75) is 33.0 Å². The lowest BCUT2D eigenvalue weighted by atomic mass is 10.0. The molecule has 0 unspecified atom stereocenters. The van der Waals surface area contributed by atoms with Crippen molar-refractivity contribution in [3.63, 3.8) is 0 Å². The number of hydrogen-bond donors (Lipinski definition) is 2. The average molecular weight is 421 g/mol. The van der Waals surface area contributed by atoms with Crippen molar-refractivity contribution in [2.75, 3.05) is 4.90 Å². The number of halogens is 4. The summed E-state index contributed by atoms with van der Waals surface area (Å²) in [5.41, 5.74) is 2.21. The van der Waals surface area contributed by atoms with Gasteiger partial charge in [-0.25, -0.2) is 14.9 Å². The molecule has 0 bridgehead atoms. The first-order valence-corrected chi connectivity index (χ1v) is 9.12. The predicted octanol–water partition coefficient (Wildman–Crippen LogP) is 5.13. The van der Waals surface area contributed by atoms with E-state index in [4.69, 9.17) is 5.21 Å². The maximum Gasteiger partial charge on any atom is 0.416 e. The molecule has 158 valence electrons. The Morgan fingerprint density at radius 2 is 2.07 bits per heavy atom. The highest BCUT2D eigenvalue weighted by Crippen LogP contribution is 2.38. The summed E-state index contributed by atoms with van der Waals surface area (Å²) in [6, 6.07) is 6.68. The van der Waals surface area contributed by atoms with Crippen molar-refractivity contribution in [2.24, 2.45) is 4.99 Å². The fraction of sp³-hybridized carbons (Fsp3) is 0.238. The van der Waals surface area contributed by atoms with Gasteiger partial charge >= 0.3 is 6.18 Å². The van der Waals surface area contributed by atoms with Gasteiger partial charge in [0.15, 0.2) is 0 Å². The number of hydrogen-bond acceptors (Lipinski definition) is 4. The van der Waals surface area contributed by atoms with E-state index in [2.05, 4.69) is 4.99 Å². The van der Waals surface area contributed by atoms with Gasteiger partial charge in [-0.1, -0.05) is 13.0 Å². The lowest BCUT2D eigenvalue weighted by Crippen LogP contribution is -2.33. The Labute approximate surface area is 170 Å². The van der Waals surface area contributed by atoms with Gasteiger partial charge in [0.2, 0.25) is 0 Å². The molecule has 1 aliphatic heterocycles. The molecule has 0 atom stereocenters. The van der Waals surface area contributed by atoms with Crippen LogP contribution in [0.1, 0.15) is 35.6 Å². The number of aliphatic imine (C=N–C) groups is 1. The van der Waals surface area contributed by atoms with E-state index in [9.17, 15) is 22.4 Å². The second kappa shape index (κ2) is 8.27. The molecule has 2 aromatic carbocycles. The molecule has 1 heterocycles. The summed E-state index contributed by atoms with van der Waals surface area (Å²) >= 11 is 0. The summed E-state index contributed by atoms with van der Waals surface area (Å²) in [7, 11) is 0. The molecular formula is C21H19F4N3O2. The van der Waals surface area contributed by atoms with E-state index in [1.165, 1.54) is 36.7 Å². The van der Waals surface area contributed by atoms with E-state index < -0.39 is 23.5 Å². The van der Waals surface area contributed by atoms with E-state index in [0.29, 0.717) is 29.2 Å². The highest BCUT2D eigenvalue weighted by molar-refractivity contribution is 6.01. The fourth-order valence-electron chi connectivity index (χ4n) is 3.37. The number of rotatable bonds is 4. The molecular weight excluding hydrogens is 402 g/mol. The molecule has 0 saturated heterocycles. The third kappa shape index (κ3) is 4.20. The topological polar surface area (TPSA) is 64.9 Å². The van der Waals surface area contributed by atoms with Gasteiger partial charge in [-0.2, -0.15) is 13.2 Å². The van der Waals surface area contributed by atoms with Crippen LogP contribution in [0.15, 0.2) is 41.4 Å². The number of hydroxylamine groups is 1. The Kier molecular flexibility index (Phi) is 5.93. The number of anilines is 1. The van der Waals surface area contributed by atoms with Gasteiger partial charge < -0.3 is 4.90 Å². The largest absolute Gasteiger partial charge is 0.416 e. The van der Waals surface area contributed by atoms with Crippen LogP contribution in [0.5, 0.6) is 0 Å². The maximum atomic E-state index is 14.4. The van der Waals surface area contributed by atoms with Crippen LogP contribution in [-0.4, -0.2) is 17.0 Å². The van der Waals surface area contributed by atoms with Crippen molar-refractivity contribution in [3.8, 4) is 0 Å². The number of amides is 1. The van der Waals surface area contributed by atoms with Crippen LogP contribution in [0.3, 0.4) is 0 Å². The number of nitrogens with zero attached hydrogens (tertiary/aromatic N) is 2. The summed E-state index contributed by atoms with van der Waals surface area (Å²) in [6.45, 7) is 3.42. The minimum Gasteiger partial charge on any atom is -0.325 e. The summed E-state index contributed by atoms with van der Waals surface area (Å²) in [5.74, 6) is -0.912. The quantitative estimate of drug-likeness (QED) is 0.311. The lowest BCUT2D eigenvalue weighted by molar-refractivity contribution is -0.138. The molecule has 1 aliphatic rings. The third-order valence-electron chi connectivity index (χ3n) is 4.83. The van der Waals surface area contributed by atoms with Crippen LogP contribution in [-0.2, 0) is 17.5 Å². The number of amidine groups is 1. The summed E-state index contributed by atoms with van der Waals surface area (Å²) in [5, 5.41) is 8.55. The molecule has 30 heavy (non-hydrogen) atoms. The second-order valence-corrected chi connectivity index (χ2v) is 6.73. The zero-order valence-electron chi connectivity index (χ0n) is 16.2. The van der Waals surface area contributed by atoms with E-state index in [0.717, 1.165) is 12.1 Å². The van der Waals surface area contributed by atoms with Gasteiger partial charge in [-0.05, 0) is 42.3 Å². The van der Waals surface area contributed by atoms with Crippen molar-refractivity contribution in [1.29, 1.82) is 0 Å². The molecule has 0 aliphatic carbocycles. The second-order valence-electron chi connectivity index (χ2n) is 6.73. The normalized spacial score (nSPS) is 14.0. The highest BCUT2D eigenvalue weighted by Gasteiger charge is 2.34. The number of alkyl halides is 3. The maximum absolute atomic E-state index is 14.4. The van der Waals surface area contributed by atoms with Gasteiger partial charge in [-0.15, -0.1) is 0 Å². The number of fused-ring (bicyclic) bond motifs is 1. The minimum atomic E-state index is -4.48. The summed E-state index contributed by atoms with van der Waals surface area (Å²) in [6.07, 6.45) is -1.88. The van der Waals surface area contributed by atoms with E-state index in [-0.39, 0.29) is 17.7 Å². The van der Waals surface area contributed by atoms with E-state index in [1.807, 2.05) is 6.92 Å². The molecule has 1 amide bonds. The van der Waals surface area contributed by atoms with Crippen molar-refractivity contribution >= 4 is 29.2 Å². The summed E-state index contributed by atoms with van der Waals surface area (Å²) in [4.78, 5) is 17.3. The first-order chi connectivity index (χ1) is 14.2. The van der Waals surface area contributed by atoms with Gasteiger partial charge in [-0.3, -0.25) is 10.0 Å². The molecule has 0 aromatic heterocycles. The molecule has 0 spiro atoms. The average Bonchev–Trinajstić information content (AvgIpc) is 2.70. The minimum absolute atomic E-state index is 0.0800. The molecule has 0 radical (unpaired) electrons. The third-order valence-corrected chi connectivity index (χ3v) is 4.83. The zero-order valence-corrected chi connectivity index (χ0v) is 16.2. The highest BCUT2D eigenvalue weighted by atomic mass is 19.4. The first kappa shape index (κ1) is 21.5. The van der Waals surface area contributed by atoms with Gasteiger partial charge in [0.25, 0.3) is 5.91 Å². The smallest absolute Gasteiger partial charge is 0.325 e. The number of carbonyl (C=O) groups is 1. The number of carbonyl (C=O) groups excluding carboxylic acids is 1. The van der Waals surface area contributed by atoms with Crippen molar-refractivity contribution in [1.82, 2.24) is 5.48 Å². The summed E-state index contributed by atoms with van der Waals surface area (Å²) < 4.78 is 54.4. The Morgan fingerprint density at radius 1 is 1.33 bits per heavy atom. The van der Waals surface area contributed by atoms with E-state index >= 15 is 0 Å². The molecule has 2 N–H and O–H groups in total. The zero-order chi connectivity index (χ0) is 22.1. The van der Waals surface area contributed by atoms with Gasteiger partial charge in [0.1, 0.15) is 11.7 Å². The monoisotopic (exact) mass is 421 g/mol. The Morgan fingerprint density at radius 3 is 2.70 bits per heavy atom. The van der Waals surface area contributed by atoms with Gasteiger partial charge in [0.05, 0.1) is 17.8 Å². The van der Waals surface area contributed by atoms with E-state index in [1.54, 1.807) is 11.0 Å². The predicted molar refractivity (Wildman–Crippen MR) is 105 cm³/mol. The molecule has 2 aromatic rings. The standard InChI is InChI=1S/C21H19F4N3O2/c1-3-19-26-17-10-16(22)13(7-8-20(29)27-30)9-14(17)11-28(19)18-6-4-5-15(12(18)2)21(23,24)25/h4-10,30H,3,11H2,1-2H3,(H,27,29)/b8-7+. The molecule has 3 rings (SSSR count). The van der Waals surface area contributed by atoms with Crippen LogP contribution in [0.4, 0.5) is 28.9 Å². The molecule has 0 fully saturated rings. The molecule has 5 nitrogen and oxygen atoms in total. The van der Waals surface area contributed by atoms with Gasteiger partial charge in [0, 0.05) is 29.8 Å². The Bertz CT molecular complexity index is 1050. The van der Waals surface area contributed by atoms with Crippen LogP contribution >= 0.6 is 0 Å². The van der Waals surface area contributed by atoms with Crippen LogP contribution in [0, 0.1) is 12.7 Å². The van der Waals surface area contributed by atoms with Crippen molar-refractivity contribution in [3.05, 3.63) is 64.5 Å². The SMILES string of the molecule is CCC1=Nc2cc(F)c(/C=C/C(=O)NO)cc2CN1c1cccc(C(F)(F)F)c1C. The Hall–Kier alpha value is -3.20. The Balaban J connectivity index is 2.06. The number of nitrogens with one attached hydrogen (secondary N) is 1. The molecule has 0 saturated carbocycles. The van der Waals surface area contributed by atoms with Crippen LogP contribution in [0.2, 0.25) is 0 Å². The first-order valence-electron chi connectivity index (χ1n) is 9.12. The van der Waals surface area contributed by atoms with Crippen LogP contribution in [0.25, 0.3) is 6.08 Å². The molecule has 9 heteroatoms. The fourth-order valence-corrected chi connectivity index (χ4v) is 3.37.